The van der Waals surface area contributed by atoms with Crippen LogP contribution in [0.4, 0.5) is 0 Å². The monoisotopic (exact) mass is 819 g/mol. The summed E-state index contributed by atoms with van der Waals surface area (Å²) in [4.78, 5) is 10.1. The van der Waals surface area contributed by atoms with E-state index in [9.17, 15) is 5.11 Å². The Bertz CT molecular complexity index is 2510. The number of aromatic hydroxyl groups is 1. The fraction of sp³-hybridized carbons (Fsp3) is 0.163. The van der Waals surface area contributed by atoms with E-state index in [-0.39, 0.29) is 32.7 Å². The molecule has 0 saturated heterocycles. The van der Waals surface area contributed by atoms with Gasteiger partial charge in [-0.2, -0.15) is 0 Å². The molecule has 244 valence electrons. The van der Waals surface area contributed by atoms with Crippen LogP contribution in [0.15, 0.2) is 114 Å². The third-order valence-corrected chi connectivity index (χ3v) is 10.2. The van der Waals surface area contributed by atoms with Gasteiger partial charge in [0.15, 0.2) is 0 Å². The summed E-state index contributed by atoms with van der Waals surface area (Å²) in [5.41, 5.74) is 12.7. The topological polar surface area (TPSA) is 64.1 Å². The molecule has 1 aliphatic rings. The van der Waals surface area contributed by atoms with Gasteiger partial charge in [0, 0.05) is 51.3 Å². The Labute approximate surface area is 299 Å². The van der Waals surface area contributed by atoms with E-state index >= 15 is 0 Å². The Morgan fingerprint density at radius 3 is 2.41 bits per heavy atom. The number of pyridine rings is 1. The molecule has 1 atom stereocenters. The quantitative estimate of drug-likeness (QED) is 0.176. The number of hydrogen-bond acceptors (Lipinski definition) is 4. The average molecular weight is 820 g/mol. The number of imidazole rings is 1. The number of furan rings is 1. The van der Waals surface area contributed by atoms with E-state index in [1.54, 1.807) is 0 Å². The van der Waals surface area contributed by atoms with Gasteiger partial charge in [0.1, 0.15) is 17.2 Å². The summed E-state index contributed by atoms with van der Waals surface area (Å²) >= 11 is 0. The van der Waals surface area contributed by atoms with Crippen molar-refractivity contribution in [1.82, 2.24) is 14.5 Å². The van der Waals surface area contributed by atoms with Crippen LogP contribution in [-0.2, 0) is 41.0 Å². The number of fused-ring (bicyclic) bond motifs is 5. The van der Waals surface area contributed by atoms with Crippen LogP contribution in [0.1, 0.15) is 47.9 Å². The average Bonchev–Trinajstić information content (AvgIpc) is 3.68. The molecule has 8 aromatic rings. The van der Waals surface area contributed by atoms with Gasteiger partial charge in [-0.25, -0.2) is 4.98 Å². The number of nitrogens with zero attached hydrogens (tertiary/aromatic N) is 3. The molecule has 49 heavy (non-hydrogen) atoms. The molecule has 3 aromatic heterocycles. The molecule has 0 bridgehead atoms. The van der Waals surface area contributed by atoms with E-state index in [0.29, 0.717) is 0 Å². The van der Waals surface area contributed by atoms with Gasteiger partial charge in [-0.05, 0) is 83.7 Å². The summed E-state index contributed by atoms with van der Waals surface area (Å²) < 4.78 is 8.66. The van der Waals surface area contributed by atoms with Crippen LogP contribution in [0.25, 0.3) is 66.7 Å². The first-order valence-electron chi connectivity index (χ1n) is 16.7. The van der Waals surface area contributed by atoms with Gasteiger partial charge in [0.05, 0.1) is 22.2 Å². The minimum Gasteiger partial charge on any atom is -0.507 e. The molecular formula is C43H34N3O2Pt-. The second kappa shape index (κ2) is 12.5. The number of benzene rings is 5. The van der Waals surface area contributed by atoms with Crippen LogP contribution in [0.2, 0.25) is 0 Å². The first-order valence-corrected chi connectivity index (χ1v) is 16.7. The molecule has 9 rings (SSSR count). The standard InChI is InChI=1S/C43H34N3O2.Pt/c1-26(27-11-4-3-5-12-27)28-19-20-44-37(24-28)31-22-34-32-15-8-9-18-40(32)48-42(34)35(23-31)33-16-10-17-38-41(33)45-43(46(38)2)36-21-29-13-6-7-14-30(29)25-39(36)47;/h3-5,8-12,15-22,24-26,47H,6-7,13-14H2,1-2H3;/q-1;. The van der Waals surface area contributed by atoms with Gasteiger partial charge in [0.2, 0.25) is 0 Å². The van der Waals surface area contributed by atoms with E-state index < -0.39 is 0 Å². The van der Waals surface area contributed by atoms with Crippen molar-refractivity contribution < 1.29 is 30.6 Å². The molecule has 1 aliphatic carbocycles. The van der Waals surface area contributed by atoms with E-state index in [0.717, 1.165) is 79.6 Å². The second-order valence-corrected chi connectivity index (χ2v) is 13.0. The molecule has 6 heteroatoms. The smallest absolute Gasteiger partial charge is 0.143 e. The van der Waals surface area contributed by atoms with Crippen molar-refractivity contribution in [1.29, 1.82) is 0 Å². The Morgan fingerprint density at radius 2 is 1.57 bits per heavy atom. The van der Waals surface area contributed by atoms with Crippen molar-refractivity contribution in [2.45, 2.75) is 38.5 Å². The van der Waals surface area contributed by atoms with Crippen LogP contribution >= 0.6 is 0 Å². The van der Waals surface area contributed by atoms with Crippen LogP contribution < -0.4 is 0 Å². The zero-order chi connectivity index (χ0) is 32.4. The Kier molecular flexibility index (Phi) is 7.96. The van der Waals surface area contributed by atoms with Gasteiger partial charge in [-0.15, -0.1) is 12.1 Å². The van der Waals surface area contributed by atoms with Gasteiger partial charge < -0.3 is 14.1 Å². The number of hydrogen-bond donors (Lipinski definition) is 1. The molecule has 0 saturated carbocycles. The fourth-order valence-electron chi connectivity index (χ4n) is 7.50. The zero-order valence-electron chi connectivity index (χ0n) is 27.3. The normalized spacial score (nSPS) is 13.4. The molecular weight excluding hydrogens is 786 g/mol. The first-order chi connectivity index (χ1) is 23.5. The summed E-state index contributed by atoms with van der Waals surface area (Å²) in [5.74, 6) is 1.23. The van der Waals surface area contributed by atoms with E-state index in [1.807, 2.05) is 37.5 Å². The molecule has 3 heterocycles. The number of phenols is 1. The number of phenolic OH excluding ortho intramolecular Hbond substituents is 1. The molecule has 1 unspecified atom stereocenters. The van der Waals surface area contributed by atoms with E-state index in [1.165, 1.54) is 35.1 Å². The van der Waals surface area contributed by atoms with Crippen LogP contribution in [0.5, 0.6) is 5.75 Å². The molecule has 0 aliphatic heterocycles. The van der Waals surface area contributed by atoms with Crippen molar-refractivity contribution in [2.75, 3.05) is 0 Å². The maximum Gasteiger partial charge on any atom is 0.143 e. The molecule has 0 fully saturated rings. The molecule has 5 aromatic carbocycles. The minimum atomic E-state index is 0. The third kappa shape index (κ3) is 5.28. The summed E-state index contributed by atoms with van der Waals surface area (Å²) in [6, 6.07) is 39.2. The minimum absolute atomic E-state index is 0. The largest absolute Gasteiger partial charge is 0.507 e. The molecule has 0 radical (unpaired) electrons. The summed E-state index contributed by atoms with van der Waals surface area (Å²) in [6.45, 7) is 2.23. The fourth-order valence-corrected chi connectivity index (χ4v) is 7.50. The molecule has 5 nitrogen and oxygen atoms in total. The second-order valence-electron chi connectivity index (χ2n) is 13.0. The van der Waals surface area contributed by atoms with Crippen molar-refractivity contribution in [3.05, 3.63) is 138 Å². The van der Waals surface area contributed by atoms with Crippen LogP contribution in [0, 0.1) is 6.07 Å². The van der Waals surface area contributed by atoms with E-state index in [2.05, 4.69) is 96.4 Å². The third-order valence-electron chi connectivity index (χ3n) is 10.2. The van der Waals surface area contributed by atoms with Gasteiger partial charge in [0.25, 0.3) is 0 Å². The summed E-state index contributed by atoms with van der Waals surface area (Å²) in [6.07, 6.45) is 6.28. The Hall–Kier alpha value is -4.99. The Balaban J connectivity index is 0.00000348. The first kappa shape index (κ1) is 31.3. The van der Waals surface area contributed by atoms with E-state index in [4.69, 9.17) is 14.4 Å². The summed E-state index contributed by atoms with van der Waals surface area (Å²) in [7, 11) is 2.02. The van der Waals surface area contributed by atoms with Crippen molar-refractivity contribution in [3.63, 3.8) is 0 Å². The summed E-state index contributed by atoms with van der Waals surface area (Å²) in [5, 5.41) is 13.3. The number of aromatic nitrogens is 3. The van der Waals surface area contributed by atoms with Crippen LogP contribution in [0.3, 0.4) is 0 Å². The maximum atomic E-state index is 11.2. The predicted molar refractivity (Wildman–Crippen MR) is 193 cm³/mol. The number of rotatable bonds is 5. The van der Waals surface area contributed by atoms with Gasteiger partial charge >= 0.3 is 0 Å². The molecule has 0 spiro atoms. The predicted octanol–water partition coefficient (Wildman–Crippen LogP) is 10.4. The number of para-hydroxylation sites is 2. The van der Waals surface area contributed by atoms with Gasteiger partial charge in [-0.1, -0.05) is 90.3 Å². The SMILES string of the molecule is CC(c1ccccc1)c1ccnc(-c2[c-]c(-c3cccc4c3nc(-c3cc5c(cc3O)CCCC5)n4C)c3oc4ccccc4c3c2)c1.[Pt]. The van der Waals surface area contributed by atoms with Crippen molar-refractivity contribution >= 4 is 33.0 Å². The van der Waals surface area contributed by atoms with Crippen molar-refractivity contribution in [3.8, 4) is 39.5 Å². The molecule has 0 amide bonds. The maximum absolute atomic E-state index is 11.2. The zero-order valence-corrected chi connectivity index (χ0v) is 29.6. The number of aryl methyl sites for hydroxylation is 3. The van der Waals surface area contributed by atoms with Crippen LogP contribution in [-0.4, -0.2) is 19.6 Å². The Morgan fingerprint density at radius 1 is 0.796 bits per heavy atom. The van der Waals surface area contributed by atoms with Crippen molar-refractivity contribution in [2.24, 2.45) is 7.05 Å². The van der Waals surface area contributed by atoms with Gasteiger partial charge in [-0.3, -0.25) is 4.98 Å². The molecule has 1 N–H and O–H groups in total.